The Morgan fingerprint density at radius 3 is 2.62 bits per heavy atom. The first-order valence-corrected chi connectivity index (χ1v) is 7.48. The number of aromatic nitrogens is 1. The molecule has 3 aromatic rings. The highest BCUT2D eigenvalue weighted by Gasteiger charge is 2.13. The molecule has 0 fully saturated rings. The zero-order valence-electron chi connectivity index (χ0n) is 13.1. The smallest absolute Gasteiger partial charge is 0.269 e. The largest absolute Gasteiger partial charge is 0.485 e. The first-order valence-electron chi connectivity index (χ1n) is 7.48. The molecule has 1 aromatic heterocycles. The molecular weight excluding hydrogens is 308 g/mol. The van der Waals surface area contributed by atoms with Crippen LogP contribution in [0.3, 0.4) is 0 Å². The van der Waals surface area contributed by atoms with Gasteiger partial charge in [-0.25, -0.2) is 0 Å². The summed E-state index contributed by atoms with van der Waals surface area (Å²) in [6, 6.07) is 16.2. The van der Waals surface area contributed by atoms with E-state index in [0.29, 0.717) is 17.9 Å². The molecular formula is C18H16N2O4. The number of nitro benzene ring substituents is 1. The van der Waals surface area contributed by atoms with E-state index in [0.717, 1.165) is 16.8 Å². The van der Waals surface area contributed by atoms with E-state index in [1.807, 2.05) is 37.3 Å². The molecule has 1 heterocycles. The van der Waals surface area contributed by atoms with E-state index in [1.54, 1.807) is 18.2 Å². The normalized spacial score (nSPS) is 10.5. The first kappa shape index (κ1) is 15.7. The number of non-ortho nitro benzene ring substituents is 1. The minimum atomic E-state index is -0.405. The van der Waals surface area contributed by atoms with E-state index >= 15 is 0 Å². The number of hydrogen-bond donors (Lipinski definition) is 0. The van der Waals surface area contributed by atoms with Gasteiger partial charge in [-0.2, -0.15) is 0 Å². The predicted molar refractivity (Wildman–Crippen MR) is 87.9 cm³/mol. The number of ether oxygens (including phenoxy) is 1. The second-order valence-corrected chi connectivity index (χ2v) is 5.43. The third-order valence-electron chi connectivity index (χ3n) is 3.54. The van der Waals surface area contributed by atoms with Crippen molar-refractivity contribution in [2.45, 2.75) is 20.0 Å². The van der Waals surface area contributed by atoms with Gasteiger partial charge in [-0.1, -0.05) is 35.5 Å². The van der Waals surface area contributed by atoms with Crippen LogP contribution in [0.4, 0.5) is 5.69 Å². The van der Waals surface area contributed by atoms with Crippen molar-refractivity contribution >= 4 is 5.69 Å². The molecule has 2 aromatic carbocycles. The molecule has 0 unspecified atom stereocenters. The Labute approximate surface area is 138 Å². The van der Waals surface area contributed by atoms with Crippen molar-refractivity contribution in [3.63, 3.8) is 0 Å². The number of nitro groups is 1. The third-order valence-corrected chi connectivity index (χ3v) is 3.54. The van der Waals surface area contributed by atoms with Gasteiger partial charge < -0.3 is 9.26 Å². The lowest BCUT2D eigenvalue weighted by Crippen LogP contribution is -2.00. The van der Waals surface area contributed by atoms with E-state index in [1.165, 1.54) is 6.07 Å². The van der Waals surface area contributed by atoms with E-state index in [2.05, 4.69) is 5.16 Å². The van der Waals surface area contributed by atoms with Gasteiger partial charge in [0.15, 0.2) is 5.76 Å². The summed E-state index contributed by atoms with van der Waals surface area (Å²) < 4.78 is 10.9. The van der Waals surface area contributed by atoms with Gasteiger partial charge in [-0.3, -0.25) is 10.1 Å². The molecule has 0 saturated carbocycles. The number of hydrogen-bond acceptors (Lipinski definition) is 5. The van der Waals surface area contributed by atoms with Crippen LogP contribution in [0.15, 0.2) is 59.1 Å². The van der Waals surface area contributed by atoms with Crippen molar-refractivity contribution in [2.24, 2.45) is 0 Å². The van der Waals surface area contributed by atoms with Crippen molar-refractivity contribution in [3.05, 3.63) is 87.3 Å². The van der Waals surface area contributed by atoms with E-state index in [4.69, 9.17) is 9.26 Å². The average Bonchev–Trinajstić information content (AvgIpc) is 3.00. The van der Waals surface area contributed by atoms with Gasteiger partial charge in [-0.15, -0.1) is 0 Å². The van der Waals surface area contributed by atoms with Gasteiger partial charge in [0, 0.05) is 30.2 Å². The van der Waals surface area contributed by atoms with Crippen LogP contribution in [0.2, 0.25) is 0 Å². The minimum absolute atomic E-state index is 0.0452. The molecule has 0 amide bonds. The van der Waals surface area contributed by atoms with Crippen molar-refractivity contribution in [1.82, 2.24) is 5.16 Å². The van der Waals surface area contributed by atoms with Crippen molar-refractivity contribution in [1.29, 1.82) is 0 Å². The van der Waals surface area contributed by atoms with Gasteiger partial charge in [0.2, 0.25) is 0 Å². The van der Waals surface area contributed by atoms with Crippen LogP contribution in [0, 0.1) is 17.0 Å². The average molecular weight is 324 g/mol. The third kappa shape index (κ3) is 3.78. The Morgan fingerprint density at radius 1 is 1.17 bits per heavy atom. The van der Waals surface area contributed by atoms with Gasteiger partial charge >= 0.3 is 0 Å². The summed E-state index contributed by atoms with van der Waals surface area (Å²) in [6.07, 6.45) is 0.549. The number of rotatable bonds is 6. The maximum Gasteiger partial charge on any atom is 0.269 e. The lowest BCUT2D eigenvalue weighted by atomic mass is 10.0. The van der Waals surface area contributed by atoms with E-state index in [-0.39, 0.29) is 12.3 Å². The molecule has 0 spiro atoms. The Kier molecular flexibility index (Phi) is 4.56. The Bertz CT molecular complexity index is 843. The SMILES string of the molecule is Cc1cc(COc2ccc([N+](=O)[O-])cc2Cc2ccccc2)on1. The summed E-state index contributed by atoms with van der Waals surface area (Å²) in [7, 11) is 0. The summed E-state index contributed by atoms with van der Waals surface area (Å²) >= 11 is 0. The fraction of sp³-hybridized carbons (Fsp3) is 0.167. The van der Waals surface area contributed by atoms with E-state index < -0.39 is 4.92 Å². The molecule has 0 radical (unpaired) electrons. The summed E-state index contributed by atoms with van der Waals surface area (Å²) in [5.74, 6) is 1.20. The van der Waals surface area contributed by atoms with Crippen LogP contribution in [0.5, 0.6) is 5.75 Å². The Morgan fingerprint density at radius 2 is 1.96 bits per heavy atom. The molecule has 0 atom stereocenters. The zero-order chi connectivity index (χ0) is 16.9. The maximum atomic E-state index is 11.0. The summed E-state index contributed by atoms with van der Waals surface area (Å²) in [4.78, 5) is 10.6. The van der Waals surface area contributed by atoms with Crippen LogP contribution in [-0.2, 0) is 13.0 Å². The molecule has 0 saturated heterocycles. The standard InChI is InChI=1S/C18H16N2O4/c1-13-9-17(24-19-13)12-23-18-8-7-16(20(21)22)11-15(18)10-14-5-3-2-4-6-14/h2-9,11H,10,12H2,1H3. The van der Waals surface area contributed by atoms with Crippen LogP contribution < -0.4 is 4.74 Å². The van der Waals surface area contributed by atoms with Gasteiger partial charge in [-0.05, 0) is 18.6 Å². The molecule has 3 rings (SSSR count). The number of aryl methyl sites for hydroxylation is 1. The summed E-state index contributed by atoms with van der Waals surface area (Å²) in [5.41, 5.74) is 2.63. The highest BCUT2D eigenvalue weighted by Crippen LogP contribution is 2.27. The fourth-order valence-electron chi connectivity index (χ4n) is 2.41. The lowest BCUT2D eigenvalue weighted by Gasteiger charge is -2.10. The molecule has 24 heavy (non-hydrogen) atoms. The molecule has 6 nitrogen and oxygen atoms in total. The molecule has 0 aliphatic heterocycles. The number of nitrogens with zero attached hydrogens (tertiary/aromatic N) is 2. The van der Waals surface area contributed by atoms with Gasteiger partial charge in [0.05, 0.1) is 10.6 Å². The lowest BCUT2D eigenvalue weighted by molar-refractivity contribution is -0.384. The Hall–Kier alpha value is -3.15. The van der Waals surface area contributed by atoms with Gasteiger partial charge in [0.1, 0.15) is 12.4 Å². The van der Waals surface area contributed by atoms with Crippen molar-refractivity contribution < 1.29 is 14.2 Å². The molecule has 0 N–H and O–H groups in total. The van der Waals surface area contributed by atoms with Crippen LogP contribution in [-0.4, -0.2) is 10.1 Å². The minimum Gasteiger partial charge on any atom is -0.485 e. The summed E-state index contributed by atoms with van der Waals surface area (Å²) in [6.45, 7) is 2.06. The van der Waals surface area contributed by atoms with Crippen molar-refractivity contribution in [3.8, 4) is 5.75 Å². The zero-order valence-corrected chi connectivity index (χ0v) is 13.1. The second kappa shape index (κ2) is 6.95. The molecule has 0 aliphatic carbocycles. The molecule has 122 valence electrons. The quantitative estimate of drug-likeness (QED) is 0.504. The Balaban J connectivity index is 1.84. The maximum absolute atomic E-state index is 11.0. The molecule has 0 bridgehead atoms. The first-order chi connectivity index (χ1) is 11.6. The van der Waals surface area contributed by atoms with Crippen LogP contribution >= 0.6 is 0 Å². The number of benzene rings is 2. The van der Waals surface area contributed by atoms with Crippen LogP contribution in [0.25, 0.3) is 0 Å². The fourth-order valence-corrected chi connectivity index (χ4v) is 2.41. The van der Waals surface area contributed by atoms with E-state index in [9.17, 15) is 10.1 Å². The second-order valence-electron chi connectivity index (χ2n) is 5.43. The highest BCUT2D eigenvalue weighted by molar-refractivity contribution is 5.46. The van der Waals surface area contributed by atoms with Crippen molar-refractivity contribution in [2.75, 3.05) is 0 Å². The molecule has 6 heteroatoms. The highest BCUT2D eigenvalue weighted by atomic mass is 16.6. The van der Waals surface area contributed by atoms with Gasteiger partial charge in [0.25, 0.3) is 5.69 Å². The predicted octanol–water partition coefficient (Wildman–Crippen LogP) is 4.06. The van der Waals surface area contributed by atoms with Crippen LogP contribution in [0.1, 0.15) is 22.6 Å². The monoisotopic (exact) mass is 324 g/mol. The topological polar surface area (TPSA) is 78.4 Å². The summed E-state index contributed by atoms with van der Waals surface area (Å²) in [5, 5.41) is 14.9. The molecule has 0 aliphatic rings.